The van der Waals surface area contributed by atoms with Crippen LogP contribution in [0.5, 0.6) is 0 Å². The third kappa shape index (κ3) is 5.59. The fraction of sp³-hybridized carbons (Fsp3) is 0.857. The van der Waals surface area contributed by atoms with Crippen LogP contribution >= 0.6 is 0 Å². The Morgan fingerprint density at radius 3 is 2.21 bits per heavy atom. The van der Waals surface area contributed by atoms with E-state index < -0.39 is 0 Å². The lowest BCUT2D eigenvalue weighted by molar-refractivity contribution is -0.155. The van der Waals surface area contributed by atoms with Gasteiger partial charge in [-0.15, -0.1) is 0 Å². The Bertz CT molecular complexity index is 290. The van der Waals surface area contributed by atoms with E-state index in [2.05, 4.69) is 0 Å². The van der Waals surface area contributed by atoms with Gasteiger partial charge in [0.2, 0.25) is 0 Å². The van der Waals surface area contributed by atoms with Crippen LogP contribution in [0.15, 0.2) is 0 Å². The minimum absolute atomic E-state index is 0.0287. The number of carbonyl (C=O) groups excluding carboxylic acids is 2. The van der Waals surface area contributed by atoms with E-state index in [1.165, 1.54) is 0 Å². The van der Waals surface area contributed by atoms with E-state index in [1.807, 2.05) is 6.92 Å². The predicted molar refractivity (Wildman–Crippen MR) is 69.4 cm³/mol. The van der Waals surface area contributed by atoms with Crippen LogP contribution in [-0.2, 0) is 19.1 Å². The second-order valence-corrected chi connectivity index (χ2v) is 4.97. The van der Waals surface area contributed by atoms with Crippen LogP contribution in [0, 0.1) is 11.8 Å². The molecule has 0 saturated heterocycles. The first-order valence-corrected chi connectivity index (χ1v) is 7.13. The van der Waals surface area contributed by atoms with Crippen molar-refractivity contribution in [2.24, 2.45) is 11.8 Å². The summed E-state index contributed by atoms with van der Waals surface area (Å²) in [5, 5.41) is 8.62. The molecule has 1 N–H and O–H groups in total. The van der Waals surface area contributed by atoms with Crippen molar-refractivity contribution in [1.82, 2.24) is 0 Å². The Balaban J connectivity index is 2.36. The molecule has 0 aliphatic heterocycles. The first-order chi connectivity index (χ1) is 9.19. The van der Waals surface area contributed by atoms with Gasteiger partial charge in [-0.2, -0.15) is 0 Å². The van der Waals surface area contributed by atoms with Gasteiger partial charge < -0.3 is 14.6 Å². The quantitative estimate of drug-likeness (QED) is 0.564. The molecular weight excluding hydrogens is 248 g/mol. The van der Waals surface area contributed by atoms with E-state index in [-0.39, 0.29) is 37.0 Å². The summed E-state index contributed by atoms with van der Waals surface area (Å²) < 4.78 is 10.1. The van der Waals surface area contributed by atoms with E-state index in [0.29, 0.717) is 13.0 Å². The molecule has 0 bridgehead atoms. The molecule has 1 aliphatic rings. The van der Waals surface area contributed by atoms with Crippen LogP contribution in [0.25, 0.3) is 0 Å². The Hall–Kier alpha value is -1.10. The lowest BCUT2D eigenvalue weighted by atomic mass is 9.81. The molecule has 1 aliphatic carbocycles. The van der Waals surface area contributed by atoms with Gasteiger partial charge >= 0.3 is 11.9 Å². The van der Waals surface area contributed by atoms with Crippen LogP contribution < -0.4 is 0 Å². The predicted octanol–water partition coefficient (Wildman–Crippen LogP) is 1.67. The largest absolute Gasteiger partial charge is 0.465 e. The topological polar surface area (TPSA) is 72.8 Å². The normalized spacial score (nSPS) is 22.8. The van der Waals surface area contributed by atoms with Crippen LogP contribution in [0.4, 0.5) is 0 Å². The highest BCUT2D eigenvalue weighted by atomic mass is 16.5. The molecule has 2 atom stereocenters. The second-order valence-electron chi connectivity index (χ2n) is 4.97. The van der Waals surface area contributed by atoms with Crippen molar-refractivity contribution < 1.29 is 24.2 Å². The van der Waals surface area contributed by atoms with Crippen molar-refractivity contribution in [3.63, 3.8) is 0 Å². The Labute approximate surface area is 114 Å². The maximum Gasteiger partial charge on any atom is 0.309 e. The molecule has 0 spiro atoms. The van der Waals surface area contributed by atoms with Crippen LogP contribution in [0.1, 0.15) is 45.4 Å². The summed E-state index contributed by atoms with van der Waals surface area (Å²) in [6.07, 6.45) is 4.76. The van der Waals surface area contributed by atoms with Crippen molar-refractivity contribution in [3.8, 4) is 0 Å². The molecule has 5 nitrogen and oxygen atoms in total. The number of esters is 2. The molecule has 1 rings (SSSR count). The number of hydrogen-bond acceptors (Lipinski definition) is 5. The Kier molecular flexibility index (Phi) is 7.48. The van der Waals surface area contributed by atoms with E-state index >= 15 is 0 Å². The number of aliphatic hydroxyl groups excluding tert-OH is 1. The van der Waals surface area contributed by atoms with Gasteiger partial charge in [0.15, 0.2) is 0 Å². The molecule has 0 aromatic carbocycles. The molecule has 5 heteroatoms. The van der Waals surface area contributed by atoms with Crippen LogP contribution in [0.2, 0.25) is 0 Å². The summed E-state index contributed by atoms with van der Waals surface area (Å²) in [7, 11) is 0. The maximum absolute atomic E-state index is 11.8. The molecule has 0 amide bonds. The average molecular weight is 272 g/mol. The maximum atomic E-state index is 11.8. The number of aliphatic hydroxyl groups is 1. The number of unbranched alkanes of at least 4 members (excludes halogenated alkanes) is 1. The molecule has 0 heterocycles. The fourth-order valence-electron chi connectivity index (χ4n) is 2.32. The molecule has 0 aromatic heterocycles. The monoisotopic (exact) mass is 272 g/mol. The standard InChI is InChI=1S/C14H24O5/c1-2-3-8-18-13(16)11-5-4-6-12(10-11)14(17)19-9-7-15/h11-12,15H,2-10H2,1H3. The molecule has 2 unspecified atom stereocenters. The van der Waals surface area contributed by atoms with E-state index in [0.717, 1.165) is 32.1 Å². The number of hydrogen-bond donors (Lipinski definition) is 1. The minimum atomic E-state index is -0.305. The van der Waals surface area contributed by atoms with E-state index in [9.17, 15) is 9.59 Å². The summed E-state index contributed by atoms with van der Waals surface area (Å²) in [4.78, 5) is 23.5. The van der Waals surface area contributed by atoms with Crippen molar-refractivity contribution >= 4 is 11.9 Å². The van der Waals surface area contributed by atoms with E-state index in [1.54, 1.807) is 0 Å². The van der Waals surface area contributed by atoms with E-state index in [4.69, 9.17) is 14.6 Å². The first-order valence-electron chi connectivity index (χ1n) is 7.13. The summed E-state index contributed by atoms with van der Waals surface area (Å²) in [5.74, 6) is -0.908. The Morgan fingerprint density at radius 1 is 1.11 bits per heavy atom. The highest BCUT2D eigenvalue weighted by Gasteiger charge is 2.32. The van der Waals surface area contributed by atoms with Gasteiger partial charge in [0.05, 0.1) is 25.0 Å². The lowest BCUT2D eigenvalue weighted by Gasteiger charge is -2.26. The van der Waals surface area contributed by atoms with Gasteiger partial charge in [0.25, 0.3) is 0 Å². The average Bonchev–Trinajstić information content (AvgIpc) is 2.45. The molecule has 19 heavy (non-hydrogen) atoms. The van der Waals surface area contributed by atoms with Crippen molar-refractivity contribution in [2.45, 2.75) is 45.4 Å². The molecular formula is C14H24O5. The van der Waals surface area contributed by atoms with Gasteiger partial charge in [0, 0.05) is 0 Å². The van der Waals surface area contributed by atoms with Gasteiger partial charge in [0.1, 0.15) is 6.61 Å². The lowest BCUT2D eigenvalue weighted by Crippen LogP contribution is -2.30. The zero-order valence-electron chi connectivity index (χ0n) is 11.6. The second kappa shape index (κ2) is 8.91. The molecule has 0 radical (unpaired) electrons. The molecule has 0 aromatic rings. The first kappa shape index (κ1) is 16.0. The van der Waals surface area contributed by atoms with Crippen molar-refractivity contribution in [3.05, 3.63) is 0 Å². The summed E-state index contributed by atoms with van der Waals surface area (Å²) in [6.45, 7) is 2.37. The number of ether oxygens (including phenoxy) is 2. The van der Waals surface area contributed by atoms with Gasteiger partial charge in [-0.25, -0.2) is 0 Å². The third-order valence-corrected chi connectivity index (χ3v) is 3.42. The summed E-state index contributed by atoms with van der Waals surface area (Å²) in [6, 6.07) is 0. The highest BCUT2D eigenvalue weighted by Crippen LogP contribution is 2.30. The summed E-state index contributed by atoms with van der Waals surface area (Å²) >= 11 is 0. The molecule has 1 saturated carbocycles. The fourth-order valence-corrected chi connectivity index (χ4v) is 2.32. The Morgan fingerprint density at radius 2 is 1.68 bits per heavy atom. The van der Waals surface area contributed by atoms with Crippen LogP contribution in [-0.4, -0.2) is 36.9 Å². The third-order valence-electron chi connectivity index (χ3n) is 3.42. The smallest absolute Gasteiger partial charge is 0.309 e. The van der Waals surface area contributed by atoms with Gasteiger partial charge in [-0.1, -0.05) is 19.8 Å². The number of carbonyl (C=O) groups is 2. The highest BCUT2D eigenvalue weighted by molar-refractivity contribution is 5.76. The van der Waals surface area contributed by atoms with Crippen molar-refractivity contribution in [2.75, 3.05) is 19.8 Å². The molecule has 110 valence electrons. The van der Waals surface area contributed by atoms with Crippen molar-refractivity contribution in [1.29, 1.82) is 0 Å². The minimum Gasteiger partial charge on any atom is -0.465 e. The summed E-state index contributed by atoms with van der Waals surface area (Å²) in [5.41, 5.74) is 0. The van der Waals surface area contributed by atoms with Gasteiger partial charge in [-0.3, -0.25) is 9.59 Å². The molecule has 1 fully saturated rings. The number of rotatable bonds is 7. The SMILES string of the molecule is CCCCOC(=O)C1CCCC(C(=O)OCCO)C1. The van der Waals surface area contributed by atoms with Crippen LogP contribution in [0.3, 0.4) is 0 Å². The zero-order valence-corrected chi connectivity index (χ0v) is 11.6. The zero-order chi connectivity index (χ0) is 14.1. The van der Waals surface area contributed by atoms with Gasteiger partial charge in [-0.05, 0) is 25.7 Å².